The second-order valence-electron chi connectivity index (χ2n) is 3.78. The molecule has 2 rings (SSSR count). The molecule has 1 aromatic carbocycles. The summed E-state index contributed by atoms with van der Waals surface area (Å²) in [5.41, 5.74) is 7.17. The van der Waals surface area contributed by atoms with Crippen molar-refractivity contribution in [2.45, 2.75) is 25.5 Å². The lowest BCUT2D eigenvalue weighted by atomic mass is 10.0. The van der Waals surface area contributed by atoms with E-state index in [1.807, 2.05) is 19.1 Å². The van der Waals surface area contributed by atoms with Gasteiger partial charge in [0.15, 0.2) is 0 Å². The maximum Gasteiger partial charge on any atom is 0.325 e. The third kappa shape index (κ3) is 1.68. The zero-order valence-electron chi connectivity index (χ0n) is 8.43. The Morgan fingerprint density at radius 3 is 3.07 bits per heavy atom. The molecule has 0 aromatic heterocycles. The van der Waals surface area contributed by atoms with Crippen LogP contribution in [0.2, 0.25) is 0 Å². The van der Waals surface area contributed by atoms with Crippen molar-refractivity contribution in [3.63, 3.8) is 0 Å². The molecule has 0 spiro atoms. The first-order valence-corrected chi connectivity index (χ1v) is 4.86. The summed E-state index contributed by atoms with van der Waals surface area (Å²) in [6.07, 6.45) is 0.914. The first-order valence-electron chi connectivity index (χ1n) is 4.86. The van der Waals surface area contributed by atoms with E-state index < -0.39 is 12.0 Å². The Morgan fingerprint density at radius 2 is 2.40 bits per heavy atom. The van der Waals surface area contributed by atoms with Gasteiger partial charge in [0.05, 0.1) is 0 Å². The summed E-state index contributed by atoms with van der Waals surface area (Å²) >= 11 is 0. The highest BCUT2D eigenvalue weighted by Gasteiger charge is 2.26. The summed E-state index contributed by atoms with van der Waals surface area (Å²) in [7, 11) is 0. The molecule has 0 saturated carbocycles. The van der Waals surface area contributed by atoms with Crippen LogP contribution in [0.1, 0.15) is 24.1 Å². The third-order valence-electron chi connectivity index (χ3n) is 2.55. The second kappa shape index (κ2) is 3.55. The number of aliphatic carboxylic acids is 1. The van der Waals surface area contributed by atoms with Gasteiger partial charge in [0, 0.05) is 12.0 Å². The smallest absolute Gasteiger partial charge is 0.325 e. The maximum atomic E-state index is 10.8. The Bertz CT molecular complexity index is 403. The molecule has 1 aliphatic heterocycles. The van der Waals surface area contributed by atoms with E-state index in [9.17, 15) is 4.79 Å². The normalized spacial score (nSPS) is 20.5. The summed E-state index contributed by atoms with van der Waals surface area (Å²) in [6.45, 7) is 1.95. The van der Waals surface area contributed by atoms with Gasteiger partial charge in [-0.05, 0) is 12.5 Å². The Balaban J connectivity index is 2.42. The molecule has 2 unspecified atom stereocenters. The number of nitrogens with two attached hydrogens (primary N) is 1. The number of hydrogen-bond donors (Lipinski definition) is 2. The zero-order chi connectivity index (χ0) is 11.0. The minimum atomic E-state index is -1.04. The van der Waals surface area contributed by atoms with Gasteiger partial charge in [-0.25, -0.2) is 0 Å². The van der Waals surface area contributed by atoms with E-state index in [1.165, 1.54) is 0 Å². The molecule has 1 heterocycles. The molecule has 0 saturated heterocycles. The number of carbonyl (C=O) groups is 1. The first-order chi connectivity index (χ1) is 7.09. The molecule has 1 aromatic rings. The van der Waals surface area contributed by atoms with E-state index in [1.54, 1.807) is 6.07 Å². The van der Waals surface area contributed by atoms with Crippen molar-refractivity contribution in [3.8, 4) is 5.75 Å². The molecular weight excluding hydrogens is 194 g/mol. The van der Waals surface area contributed by atoms with Crippen molar-refractivity contribution >= 4 is 5.97 Å². The van der Waals surface area contributed by atoms with Crippen LogP contribution >= 0.6 is 0 Å². The van der Waals surface area contributed by atoms with Crippen LogP contribution in [0.5, 0.6) is 5.75 Å². The summed E-state index contributed by atoms with van der Waals surface area (Å²) < 4.78 is 5.57. The molecule has 4 nitrogen and oxygen atoms in total. The molecule has 3 N–H and O–H groups in total. The number of fused-ring (bicyclic) bond motifs is 1. The number of rotatable bonds is 2. The van der Waals surface area contributed by atoms with Gasteiger partial charge in [0.25, 0.3) is 0 Å². The Morgan fingerprint density at radius 1 is 1.67 bits per heavy atom. The summed E-state index contributed by atoms with van der Waals surface area (Å²) in [5.74, 6) is -0.383. The van der Waals surface area contributed by atoms with Crippen molar-refractivity contribution < 1.29 is 14.6 Å². The summed E-state index contributed by atoms with van der Waals surface area (Å²) in [5, 5.41) is 8.85. The van der Waals surface area contributed by atoms with Crippen molar-refractivity contribution in [3.05, 3.63) is 29.3 Å². The molecule has 0 aliphatic carbocycles. The molecule has 0 radical (unpaired) electrons. The van der Waals surface area contributed by atoms with E-state index in [0.717, 1.165) is 12.0 Å². The lowest BCUT2D eigenvalue weighted by molar-refractivity contribution is -0.138. The van der Waals surface area contributed by atoms with Crippen LogP contribution in [0.15, 0.2) is 18.2 Å². The van der Waals surface area contributed by atoms with Crippen LogP contribution in [0.4, 0.5) is 0 Å². The number of para-hydroxylation sites is 1. The third-order valence-corrected chi connectivity index (χ3v) is 2.55. The minimum absolute atomic E-state index is 0.0992. The molecule has 15 heavy (non-hydrogen) atoms. The maximum absolute atomic E-state index is 10.8. The van der Waals surface area contributed by atoms with Crippen LogP contribution in [0.25, 0.3) is 0 Å². The van der Waals surface area contributed by atoms with Crippen LogP contribution in [0.3, 0.4) is 0 Å². The topological polar surface area (TPSA) is 72.6 Å². The molecule has 4 heteroatoms. The van der Waals surface area contributed by atoms with E-state index in [4.69, 9.17) is 15.6 Å². The van der Waals surface area contributed by atoms with Gasteiger partial charge in [0.2, 0.25) is 0 Å². The van der Waals surface area contributed by atoms with Crippen molar-refractivity contribution in [2.24, 2.45) is 5.73 Å². The van der Waals surface area contributed by atoms with E-state index in [-0.39, 0.29) is 6.10 Å². The van der Waals surface area contributed by atoms with Gasteiger partial charge >= 0.3 is 5.97 Å². The fourth-order valence-electron chi connectivity index (χ4n) is 1.84. The predicted molar refractivity (Wildman–Crippen MR) is 54.8 cm³/mol. The van der Waals surface area contributed by atoms with E-state index in [0.29, 0.717) is 11.3 Å². The van der Waals surface area contributed by atoms with Crippen LogP contribution < -0.4 is 10.5 Å². The number of carboxylic acid groups (broad SMARTS) is 1. The number of carboxylic acids is 1. The van der Waals surface area contributed by atoms with Crippen molar-refractivity contribution in [1.82, 2.24) is 0 Å². The highest BCUT2D eigenvalue weighted by atomic mass is 16.5. The largest absolute Gasteiger partial charge is 0.490 e. The Kier molecular flexibility index (Phi) is 2.36. The van der Waals surface area contributed by atoms with Gasteiger partial charge in [-0.15, -0.1) is 0 Å². The predicted octanol–water partition coefficient (Wildman–Crippen LogP) is 1.09. The highest BCUT2D eigenvalue weighted by Crippen LogP contribution is 2.35. The first kappa shape index (κ1) is 9.98. The SMILES string of the molecule is CC1Cc2cccc(C(N)C(=O)O)c2O1. The molecule has 2 atom stereocenters. The van der Waals surface area contributed by atoms with Gasteiger partial charge in [-0.1, -0.05) is 18.2 Å². The standard InChI is InChI=1S/C11H13NO3/c1-6-5-7-3-2-4-8(10(7)15-6)9(12)11(13)14/h2-4,6,9H,5,12H2,1H3,(H,13,14). The quantitative estimate of drug-likeness (QED) is 0.761. The van der Waals surface area contributed by atoms with Crippen LogP contribution in [-0.4, -0.2) is 17.2 Å². The minimum Gasteiger partial charge on any atom is -0.490 e. The van der Waals surface area contributed by atoms with Crippen LogP contribution in [0, 0.1) is 0 Å². The molecule has 1 aliphatic rings. The lowest BCUT2D eigenvalue weighted by Crippen LogP contribution is -2.21. The lowest BCUT2D eigenvalue weighted by Gasteiger charge is -2.12. The Hall–Kier alpha value is -1.55. The Labute approximate surface area is 87.7 Å². The average Bonchev–Trinajstić information content (AvgIpc) is 2.56. The molecular formula is C11H13NO3. The number of hydrogen-bond acceptors (Lipinski definition) is 3. The van der Waals surface area contributed by atoms with E-state index in [2.05, 4.69) is 0 Å². The zero-order valence-corrected chi connectivity index (χ0v) is 8.43. The van der Waals surface area contributed by atoms with Crippen molar-refractivity contribution in [1.29, 1.82) is 0 Å². The number of benzene rings is 1. The fraction of sp³-hybridized carbons (Fsp3) is 0.364. The van der Waals surface area contributed by atoms with Gasteiger partial charge in [-0.2, -0.15) is 0 Å². The van der Waals surface area contributed by atoms with Gasteiger partial charge in [0.1, 0.15) is 17.9 Å². The highest BCUT2D eigenvalue weighted by molar-refractivity contribution is 5.76. The fourth-order valence-corrected chi connectivity index (χ4v) is 1.84. The van der Waals surface area contributed by atoms with Crippen LogP contribution in [-0.2, 0) is 11.2 Å². The summed E-state index contributed by atoms with van der Waals surface area (Å²) in [4.78, 5) is 10.8. The molecule has 0 bridgehead atoms. The summed E-state index contributed by atoms with van der Waals surface area (Å²) in [6, 6.07) is 4.45. The monoisotopic (exact) mass is 207 g/mol. The van der Waals surface area contributed by atoms with Gasteiger partial charge in [-0.3, -0.25) is 4.79 Å². The molecule has 80 valence electrons. The van der Waals surface area contributed by atoms with Crippen molar-refractivity contribution in [2.75, 3.05) is 0 Å². The average molecular weight is 207 g/mol. The molecule has 0 fully saturated rings. The van der Waals surface area contributed by atoms with Gasteiger partial charge < -0.3 is 15.6 Å². The second-order valence-corrected chi connectivity index (χ2v) is 3.78. The molecule has 0 amide bonds. The number of ether oxygens (including phenoxy) is 1. The van der Waals surface area contributed by atoms with E-state index >= 15 is 0 Å².